The van der Waals surface area contributed by atoms with Crippen molar-refractivity contribution in [1.29, 1.82) is 0 Å². The van der Waals surface area contributed by atoms with Crippen LogP contribution in [0.4, 0.5) is 11.4 Å². The van der Waals surface area contributed by atoms with Crippen molar-refractivity contribution in [2.45, 2.75) is 43.9 Å². The Bertz CT molecular complexity index is 1010. The number of amides is 1. The van der Waals surface area contributed by atoms with E-state index in [1.54, 1.807) is 28.6 Å². The maximum Gasteiger partial charge on any atom is 0.243 e. The first-order valence-corrected chi connectivity index (χ1v) is 12.2. The summed E-state index contributed by atoms with van der Waals surface area (Å²) >= 11 is 0. The molecule has 4 rings (SSSR count). The number of rotatable bonds is 6. The summed E-state index contributed by atoms with van der Waals surface area (Å²) in [4.78, 5) is 15.1. The molecule has 2 aromatic rings. The number of nitrogens with one attached hydrogen (secondary N) is 1. The van der Waals surface area contributed by atoms with E-state index in [-0.39, 0.29) is 12.3 Å². The normalized spacial score (nSPS) is 17.0. The summed E-state index contributed by atoms with van der Waals surface area (Å²) in [5, 5.41) is 2.97. The summed E-state index contributed by atoms with van der Waals surface area (Å²) < 4.78 is 27.1. The Balaban J connectivity index is 1.39. The van der Waals surface area contributed by atoms with Gasteiger partial charge in [0.25, 0.3) is 0 Å². The molecule has 160 valence electrons. The molecule has 0 atom stereocenters. The zero-order valence-electron chi connectivity index (χ0n) is 17.4. The highest BCUT2D eigenvalue weighted by Crippen LogP contribution is 2.30. The van der Waals surface area contributed by atoms with Crippen molar-refractivity contribution in [2.24, 2.45) is 0 Å². The maximum atomic E-state index is 12.7. The smallest absolute Gasteiger partial charge is 0.243 e. The van der Waals surface area contributed by atoms with E-state index in [0.29, 0.717) is 18.0 Å². The van der Waals surface area contributed by atoms with Crippen molar-refractivity contribution in [3.63, 3.8) is 0 Å². The lowest BCUT2D eigenvalue weighted by Gasteiger charge is -2.25. The zero-order valence-corrected chi connectivity index (χ0v) is 18.2. The first-order chi connectivity index (χ1) is 14.5. The molecule has 1 fully saturated rings. The van der Waals surface area contributed by atoms with Crippen molar-refractivity contribution in [3.8, 4) is 0 Å². The predicted molar refractivity (Wildman–Crippen MR) is 119 cm³/mol. The fourth-order valence-corrected chi connectivity index (χ4v) is 5.79. The molecule has 2 aromatic carbocycles. The Kier molecular flexibility index (Phi) is 6.11. The van der Waals surface area contributed by atoms with E-state index in [4.69, 9.17) is 0 Å². The van der Waals surface area contributed by atoms with Gasteiger partial charge < -0.3 is 10.2 Å². The van der Waals surface area contributed by atoms with Gasteiger partial charge in [-0.05, 0) is 61.6 Å². The number of sulfonamides is 1. The van der Waals surface area contributed by atoms with E-state index in [1.807, 2.05) is 12.1 Å². The molecule has 0 spiro atoms. The van der Waals surface area contributed by atoms with Gasteiger partial charge in [0.15, 0.2) is 0 Å². The average Bonchev–Trinajstić information content (AvgIpc) is 3.17. The number of fused-ring (bicyclic) bond motifs is 1. The number of nitrogens with zero attached hydrogens (tertiary/aromatic N) is 2. The lowest BCUT2D eigenvalue weighted by Crippen LogP contribution is -2.35. The molecule has 30 heavy (non-hydrogen) atoms. The summed E-state index contributed by atoms with van der Waals surface area (Å²) in [5.74, 6) is -0.109. The molecule has 0 saturated carbocycles. The van der Waals surface area contributed by atoms with Crippen LogP contribution in [0.25, 0.3) is 0 Å². The number of hydrogen-bond acceptors (Lipinski definition) is 4. The second-order valence-corrected chi connectivity index (χ2v) is 9.94. The third-order valence-electron chi connectivity index (χ3n) is 5.98. The van der Waals surface area contributed by atoms with Crippen LogP contribution >= 0.6 is 0 Å². The van der Waals surface area contributed by atoms with Crippen LogP contribution in [0.2, 0.25) is 0 Å². The Morgan fingerprint density at radius 3 is 2.43 bits per heavy atom. The van der Waals surface area contributed by atoms with Crippen LogP contribution in [0.15, 0.2) is 47.4 Å². The van der Waals surface area contributed by atoms with Crippen LogP contribution in [0.3, 0.4) is 0 Å². The van der Waals surface area contributed by atoms with E-state index in [2.05, 4.69) is 23.2 Å². The van der Waals surface area contributed by atoms with Gasteiger partial charge in [0, 0.05) is 37.6 Å². The quantitative estimate of drug-likeness (QED) is 0.767. The second-order valence-electron chi connectivity index (χ2n) is 8.01. The maximum absolute atomic E-state index is 12.7. The van der Waals surface area contributed by atoms with Gasteiger partial charge in [-0.3, -0.25) is 4.79 Å². The zero-order chi connectivity index (χ0) is 21.1. The molecule has 0 bridgehead atoms. The summed E-state index contributed by atoms with van der Waals surface area (Å²) in [6, 6.07) is 12.8. The third kappa shape index (κ3) is 4.37. The molecule has 7 heteroatoms. The molecule has 1 saturated heterocycles. The van der Waals surface area contributed by atoms with Crippen LogP contribution < -0.4 is 10.2 Å². The lowest BCUT2D eigenvalue weighted by atomic mass is 10.1. The number of piperidine rings is 1. The molecule has 0 radical (unpaired) electrons. The van der Waals surface area contributed by atoms with Crippen LogP contribution in [0.5, 0.6) is 0 Å². The minimum atomic E-state index is -3.44. The minimum absolute atomic E-state index is 0.109. The first kappa shape index (κ1) is 20.9. The van der Waals surface area contributed by atoms with Gasteiger partial charge in [-0.25, -0.2) is 8.42 Å². The van der Waals surface area contributed by atoms with E-state index in [9.17, 15) is 13.2 Å². The summed E-state index contributed by atoms with van der Waals surface area (Å²) in [5.41, 5.74) is 4.10. The highest BCUT2D eigenvalue weighted by Gasteiger charge is 2.25. The second kappa shape index (κ2) is 8.78. The van der Waals surface area contributed by atoms with E-state index >= 15 is 0 Å². The highest BCUT2D eigenvalue weighted by molar-refractivity contribution is 7.89. The van der Waals surface area contributed by atoms with Gasteiger partial charge in [-0.1, -0.05) is 24.6 Å². The molecule has 1 amide bonds. The summed E-state index contributed by atoms with van der Waals surface area (Å²) in [7, 11) is -3.44. The van der Waals surface area contributed by atoms with Crippen LogP contribution in [0, 0.1) is 0 Å². The van der Waals surface area contributed by atoms with Crippen molar-refractivity contribution in [2.75, 3.05) is 36.4 Å². The van der Waals surface area contributed by atoms with Crippen molar-refractivity contribution in [1.82, 2.24) is 4.31 Å². The van der Waals surface area contributed by atoms with Gasteiger partial charge in [0.2, 0.25) is 15.9 Å². The lowest BCUT2D eigenvalue weighted by molar-refractivity contribution is -0.115. The van der Waals surface area contributed by atoms with Crippen molar-refractivity contribution in [3.05, 3.63) is 53.6 Å². The van der Waals surface area contributed by atoms with Gasteiger partial charge in [0.05, 0.1) is 11.3 Å². The number of carbonyl (C=O) groups excluding carboxylic acids is 1. The van der Waals surface area contributed by atoms with Gasteiger partial charge in [-0.2, -0.15) is 4.31 Å². The Labute approximate surface area is 178 Å². The Morgan fingerprint density at radius 2 is 1.73 bits per heavy atom. The minimum Gasteiger partial charge on any atom is -0.371 e. The molecular formula is C23H29N3O3S. The fourth-order valence-electron chi connectivity index (χ4n) is 4.28. The van der Waals surface area contributed by atoms with Crippen molar-refractivity contribution >= 4 is 27.3 Å². The molecule has 0 unspecified atom stereocenters. The van der Waals surface area contributed by atoms with Gasteiger partial charge in [-0.15, -0.1) is 0 Å². The largest absolute Gasteiger partial charge is 0.371 e. The number of anilines is 2. The first-order valence-electron chi connectivity index (χ1n) is 10.7. The van der Waals surface area contributed by atoms with Gasteiger partial charge in [0.1, 0.15) is 0 Å². The van der Waals surface area contributed by atoms with E-state index < -0.39 is 10.0 Å². The molecular weight excluding hydrogens is 398 g/mol. The standard InChI is InChI=1S/C23H29N3O3S/c1-2-25-15-12-19-8-9-20(17-22(19)25)24-23(27)16-18-6-10-21(11-7-18)30(28,29)26-13-4-3-5-14-26/h6-11,17H,2-5,12-16H2,1H3,(H,24,27). The SMILES string of the molecule is CCN1CCc2ccc(NC(=O)Cc3ccc(S(=O)(=O)N4CCCCC4)cc3)cc21. The van der Waals surface area contributed by atoms with Gasteiger partial charge >= 0.3 is 0 Å². The van der Waals surface area contributed by atoms with Crippen LogP contribution in [-0.4, -0.2) is 44.8 Å². The fraction of sp³-hybridized carbons (Fsp3) is 0.435. The van der Waals surface area contributed by atoms with E-state index in [1.165, 1.54) is 11.3 Å². The number of benzene rings is 2. The predicted octanol–water partition coefficient (Wildman–Crippen LogP) is 3.42. The monoisotopic (exact) mass is 427 g/mol. The highest BCUT2D eigenvalue weighted by atomic mass is 32.2. The summed E-state index contributed by atoms with van der Waals surface area (Å²) in [6.45, 7) is 5.29. The summed E-state index contributed by atoms with van der Waals surface area (Å²) in [6.07, 6.45) is 4.16. The molecule has 0 aliphatic carbocycles. The average molecular weight is 428 g/mol. The number of hydrogen-bond donors (Lipinski definition) is 1. The topological polar surface area (TPSA) is 69.7 Å². The molecule has 6 nitrogen and oxygen atoms in total. The molecule has 1 N–H and O–H groups in total. The third-order valence-corrected chi connectivity index (χ3v) is 7.90. The van der Waals surface area contributed by atoms with Crippen molar-refractivity contribution < 1.29 is 13.2 Å². The Hall–Kier alpha value is -2.38. The van der Waals surface area contributed by atoms with Crippen LogP contribution in [-0.2, 0) is 27.7 Å². The molecule has 2 aliphatic heterocycles. The Morgan fingerprint density at radius 1 is 1.00 bits per heavy atom. The number of likely N-dealkylation sites (N-methyl/N-ethyl adjacent to an activating group) is 1. The van der Waals surface area contributed by atoms with Crippen LogP contribution in [0.1, 0.15) is 37.3 Å². The molecule has 0 aromatic heterocycles. The molecule has 2 heterocycles. The molecule has 2 aliphatic rings. The number of carbonyl (C=O) groups is 1. The van der Waals surface area contributed by atoms with E-state index in [0.717, 1.165) is 50.0 Å².